The Kier molecular flexibility index (Phi) is 9.50. The molecule has 39 heavy (non-hydrogen) atoms. The molecule has 1 heterocycles. The van der Waals surface area contributed by atoms with Crippen LogP contribution in [0.15, 0.2) is 65.8 Å². The van der Waals surface area contributed by atoms with Crippen LogP contribution in [0.1, 0.15) is 46.1 Å². The molecule has 1 fully saturated rings. The van der Waals surface area contributed by atoms with E-state index in [1.807, 2.05) is 13.8 Å². The van der Waals surface area contributed by atoms with Gasteiger partial charge in [-0.15, -0.1) is 0 Å². The molecule has 1 aliphatic carbocycles. The van der Waals surface area contributed by atoms with Crippen LogP contribution >= 0.6 is 0 Å². The number of hydrogen-bond donors (Lipinski definition) is 0. The van der Waals surface area contributed by atoms with Crippen molar-refractivity contribution in [3.63, 3.8) is 0 Å². The summed E-state index contributed by atoms with van der Waals surface area (Å²) in [5.41, 5.74) is -1.51. The molecule has 3 rings (SSSR count). The molecular formula is C30H35F3O6. The van der Waals surface area contributed by atoms with Crippen molar-refractivity contribution in [2.75, 3.05) is 14.2 Å². The third kappa shape index (κ3) is 6.64. The Hall–Kier alpha value is -2.90. The molecule has 212 valence electrons. The predicted molar refractivity (Wildman–Crippen MR) is 139 cm³/mol. The van der Waals surface area contributed by atoms with Crippen molar-refractivity contribution in [1.29, 1.82) is 0 Å². The number of esters is 1. The van der Waals surface area contributed by atoms with E-state index in [1.165, 1.54) is 37.0 Å². The summed E-state index contributed by atoms with van der Waals surface area (Å²) in [5.74, 6) is 3.35. The second kappa shape index (κ2) is 12.1. The molecule has 0 radical (unpaired) electrons. The van der Waals surface area contributed by atoms with Gasteiger partial charge in [0.25, 0.3) is 5.60 Å². The second-order valence-corrected chi connectivity index (χ2v) is 10.1. The average molecular weight is 549 g/mol. The van der Waals surface area contributed by atoms with Gasteiger partial charge in [0.2, 0.25) is 0 Å². The maximum Gasteiger partial charge on any atom is 0.432 e. The lowest BCUT2D eigenvalue weighted by molar-refractivity contribution is -0.279. The molecule has 9 heteroatoms. The van der Waals surface area contributed by atoms with Crippen molar-refractivity contribution >= 4 is 5.97 Å². The van der Waals surface area contributed by atoms with Crippen molar-refractivity contribution in [2.45, 2.75) is 82.5 Å². The van der Waals surface area contributed by atoms with Crippen LogP contribution in [-0.2, 0) is 34.1 Å². The minimum atomic E-state index is -5.12. The van der Waals surface area contributed by atoms with E-state index in [2.05, 4.69) is 24.5 Å². The van der Waals surface area contributed by atoms with Gasteiger partial charge in [-0.3, -0.25) is 0 Å². The lowest BCUT2D eigenvalue weighted by Gasteiger charge is -2.37. The molecule has 0 N–H and O–H groups in total. The first kappa shape index (κ1) is 30.6. The number of hydrogen-bond acceptors (Lipinski definition) is 6. The van der Waals surface area contributed by atoms with Crippen molar-refractivity contribution in [3.05, 3.63) is 71.3 Å². The number of carbonyl (C=O) groups is 1. The highest BCUT2D eigenvalue weighted by Gasteiger charge is 2.65. The maximum atomic E-state index is 14.4. The molecule has 0 spiro atoms. The van der Waals surface area contributed by atoms with Crippen LogP contribution in [-0.4, -0.2) is 56.6 Å². The Bertz CT molecular complexity index is 1170. The van der Waals surface area contributed by atoms with Gasteiger partial charge in [0.15, 0.2) is 11.9 Å². The van der Waals surface area contributed by atoms with Crippen molar-refractivity contribution in [3.8, 4) is 11.8 Å². The van der Waals surface area contributed by atoms with E-state index in [1.54, 1.807) is 13.8 Å². The van der Waals surface area contributed by atoms with Gasteiger partial charge in [-0.25, -0.2) is 4.79 Å². The number of fused-ring (bicyclic) bond motifs is 1. The molecule has 2 aliphatic rings. The van der Waals surface area contributed by atoms with Gasteiger partial charge in [0.1, 0.15) is 18.3 Å². The number of rotatable bonds is 8. The van der Waals surface area contributed by atoms with E-state index in [4.69, 9.17) is 23.7 Å². The maximum absolute atomic E-state index is 14.4. The molecule has 0 aromatic heterocycles. The third-order valence-corrected chi connectivity index (χ3v) is 6.50. The van der Waals surface area contributed by atoms with Gasteiger partial charge < -0.3 is 23.7 Å². The van der Waals surface area contributed by atoms with Gasteiger partial charge >= 0.3 is 12.1 Å². The quantitative estimate of drug-likeness (QED) is 0.233. The smallest absolute Gasteiger partial charge is 0.432 e. The lowest BCUT2D eigenvalue weighted by Crippen LogP contribution is -2.55. The molecule has 1 aliphatic heterocycles. The first-order valence-corrected chi connectivity index (χ1v) is 12.6. The number of benzene rings is 1. The number of alkyl halides is 3. The van der Waals surface area contributed by atoms with E-state index >= 15 is 0 Å². The van der Waals surface area contributed by atoms with Crippen LogP contribution in [0.4, 0.5) is 13.2 Å². The van der Waals surface area contributed by atoms with Crippen LogP contribution in [0.25, 0.3) is 0 Å². The zero-order chi connectivity index (χ0) is 29.0. The zero-order valence-corrected chi connectivity index (χ0v) is 23.1. The number of allylic oxidation sites excluding steroid dienone is 3. The highest BCUT2D eigenvalue weighted by Crippen LogP contribution is 2.45. The minimum absolute atomic E-state index is 0.398. The summed E-state index contributed by atoms with van der Waals surface area (Å²) >= 11 is 0. The van der Waals surface area contributed by atoms with Gasteiger partial charge in [0.05, 0.1) is 0 Å². The Morgan fingerprint density at radius 1 is 1.15 bits per heavy atom. The fourth-order valence-electron chi connectivity index (χ4n) is 4.66. The number of carbonyl (C=O) groups excluding carboxylic acids is 1. The van der Waals surface area contributed by atoms with Crippen molar-refractivity contribution in [2.24, 2.45) is 0 Å². The van der Waals surface area contributed by atoms with E-state index in [-0.39, 0.29) is 0 Å². The van der Waals surface area contributed by atoms with Crippen molar-refractivity contribution < 1.29 is 41.7 Å². The largest absolute Gasteiger partial charge is 0.453 e. The molecular weight excluding hydrogens is 513 g/mol. The molecule has 1 aromatic carbocycles. The number of ether oxygens (including phenoxy) is 5. The first-order valence-electron chi connectivity index (χ1n) is 12.6. The fraction of sp³-hybridized carbons (Fsp3) is 0.500. The Labute approximate surface area is 227 Å². The van der Waals surface area contributed by atoms with Crippen molar-refractivity contribution in [1.82, 2.24) is 0 Å². The van der Waals surface area contributed by atoms with Crippen LogP contribution in [0.2, 0.25) is 0 Å². The molecule has 5 atom stereocenters. The normalized spacial score (nSPS) is 25.3. The lowest BCUT2D eigenvalue weighted by atomic mass is 9.88. The Morgan fingerprint density at radius 3 is 2.38 bits per heavy atom. The third-order valence-electron chi connectivity index (χ3n) is 6.50. The Balaban J connectivity index is 2.00. The zero-order valence-electron chi connectivity index (χ0n) is 23.1. The molecule has 0 bridgehead atoms. The van der Waals surface area contributed by atoms with Gasteiger partial charge in [-0.2, -0.15) is 13.2 Å². The van der Waals surface area contributed by atoms with Gasteiger partial charge in [-0.05, 0) is 52.2 Å². The Morgan fingerprint density at radius 2 is 1.82 bits per heavy atom. The second-order valence-electron chi connectivity index (χ2n) is 10.1. The van der Waals surface area contributed by atoms with Gasteiger partial charge in [-0.1, -0.05) is 60.4 Å². The summed E-state index contributed by atoms with van der Waals surface area (Å²) in [4.78, 5) is 13.4. The monoisotopic (exact) mass is 548 g/mol. The summed E-state index contributed by atoms with van der Waals surface area (Å²) in [6.45, 7) is 11.4. The van der Waals surface area contributed by atoms with E-state index < -0.39 is 53.5 Å². The van der Waals surface area contributed by atoms with Crippen LogP contribution in [0.3, 0.4) is 0 Å². The molecule has 6 nitrogen and oxygen atoms in total. The topological polar surface area (TPSA) is 63.2 Å². The van der Waals surface area contributed by atoms with Crippen LogP contribution in [0.5, 0.6) is 0 Å². The molecule has 1 aromatic rings. The van der Waals surface area contributed by atoms with E-state index in [0.717, 1.165) is 25.7 Å². The summed E-state index contributed by atoms with van der Waals surface area (Å²) < 4.78 is 71.4. The summed E-state index contributed by atoms with van der Waals surface area (Å²) in [6.07, 6.45) is -3.89. The highest BCUT2D eigenvalue weighted by molar-refractivity contribution is 5.83. The summed E-state index contributed by atoms with van der Waals surface area (Å²) in [7, 11) is 2.17. The van der Waals surface area contributed by atoms with Crippen LogP contribution < -0.4 is 0 Å². The fourth-order valence-corrected chi connectivity index (χ4v) is 4.66. The molecule has 1 saturated heterocycles. The highest BCUT2D eigenvalue weighted by atomic mass is 19.4. The average Bonchev–Trinajstić information content (AvgIpc) is 3.18. The molecule has 0 saturated carbocycles. The summed E-state index contributed by atoms with van der Waals surface area (Å²) in [6, 6.07) is 6.62. The summed E-state index contributed by atoms with van der Waals surface area (Å²) in [5, 5.41) is 0. The minimum Gasteiger partial charge on any atom is -0.453 e. The predicted octanol–water partition coefficient (Wildman–Crippen LogP) is 5.78. The SMILES string of the molecule is C=C(C#CC1=C[C@H](OC(=O)[C@@](OC)(c2ccccc2)C(F)(F)F)[C@H](OC)[C@H]2OC(C)(C)O[C@@H]12)CCC=C(C)C. The van der Waals surface area contributed by atoms with Gasteiger partial charge in [0, 0.05) is 25.4 Å². The first-order chi connectivity index (χ1) is 18.3. The number of halogens is 3. The number of methoxy groups -OCH3 is 2. The van der Waals surface area contributed by atoms with E-state index in [9.17, 15) is 18.0 Å². The molecule has 0 amide bonds. The van der Waals surface area contributed by atoms with E-state index in [0.29, 0.717) is 17.6 Å². The van der Waals surface area contributed by atoms with Crippen LogP contribution in [0, 0.1) is 11.8 Å². The molecule has 0 unspecified atom stereocenters. The standard InChI is InChI=1S/C30H35F3O6/c1-19(2)12-11-13-20(3)16-17-21-18-23(25(35-6)26-24(21)38-28(4,5)39-26)37-27(34)29(36-7,30(31,32)33)22-14-9-8-10-15-22/h8-10,12,14-15,18,23-26H,3,11,13H2,1-2,4-7H3/t23-,24-,25-,26-,29-/m0/s1.